The Morgan fingerprint density at radius 2 is 2.10 bits per heavy atom. The summed E-state index contributed by atoms with van der Waals surface area (Å²) in [6.07, 6.45) is 9.60. The van der Waals surface area contributed by atoms with Gasteiger partial charge in [-0.2, -0.15) is 10.2 Å². The van der Waals surface area contributed by atoms with Crippen molar-refractivity contribution in [2.75, 3.05) is 0 Å². The Hall–Kier alpha value is -3.16. The Kier molecular flexibility index (Phi) is 4.00. The van der Waals surface area contributed by atoms with E-state index in [1.54, 1.807) is 17.4 Å². The van der Waals surface area contributed by atoms with Crippen LogP contribution < -0.4 is 0 Å². The molecule has 3 fully saturated rings. The number of hydrogen-bond donors (Lipinski definition) is 0. The number of aryl methyl sites for hydroxylation is 1. The Bertz CT molecular complexity index is 1210. The van der Waals surface area contributed by atoms with E-state index in [2.05, 4.69) is 26.2 Å². The summed E-state index contributed by atoms with van der Waals surface area (Å²) in [5.74, 6) is 0.615. The Morgan fingerprint density at radius 3 is 2.94 bits per heavy atom. The van der Waals surface area contributed by atoms with Gasteiger partial charge in [0, 0.05) is 31.1 Å². The standard InChI is InChI=1S/C23H23FN6O/c1-14-2-3-21-19(28-14)12-27-29(21)13-17-9-23(7-16(17)8-23)22(31)30-20(4-5-26-30)15-6-18(24)11-25-10-15/h2-3,5-6,10-12,16-17,20H,4,7-9,13H2,1H3. The predicted octanol–water partition coefficient (Wildman–Crippen LogP) is 3.65. The molecule has 1 aliphatic heterocycles. The molecule has 8 heteroatoms. The molecule has 3 aromatic heterocycles. The van der Waals surface area contributed by atoms with Crippen LogP contribution in [0.4, 0.5) is 4.39 Å². The molecule has 158 valence electrons. The zero-order chi connectivity index (χ0) is 21.2. The molecule has 2 bridgehead atoms. The van der Waals surface area contributed by atoms with E-state index in [0.29, 0.717) is 23.8 Å². The Morgan fingerprint density at radius 1 is 1.23 bits per heavy atom. The molecule has 0 aromatic carbocycles. The van der Waals surface area contributed by atoms with Gasteiger partial charge in [0.15, 0.2) is 0 Å². The molecule has 31 heavy (non-hydrogen) atoms. The number of hydrogen-bond acceptors (Lipinski definition) is 5. The fourth-order valence-corrected chi connectivity index (χ4v) is 5.77. The molecule has 0 N–H and O–H groups in total. The summed E-state index contributed by atoms with van der Waals surface area (Å²) in [4.78, 5) is 22.0. The van der Waals surface area contributed by atoms with Crippen LogP contribution in [0.1, 0.15) is 43.0 Å². The van der Waals surface area contributed by atoms with E-state index in [-0.39, 0.29) is 17.4 Å². The fourth-order valence-electron chi connectivity index (χ4n) is 5.77. The van der Waals surface area contributed by atoms with E-state index in [9.17, 15) is 9.18 Å². The highest BCUT2D eigenvalue weighted by Crippen LogP contribution is 2.63. The van der Waals surface area contributed by atoms with Crippen LogP contribution in [0.2, 0.25) is 0 Å². The number of hydrazone groups is 1. The zero-order valence-electron chi connectivity index (χ0n) is 17.3. The van der Waals surface area contributed by atoms with Gasteiger partial charge in [-0.25, -0.2) is 14.4 Å². The maximum Gasteiger partial charge on any atom is 0.249 e. The first-order chi connectivity index (χ1) is 15.0. The van der Waals surface area contributed by atoms with E-state index < -0.39 is 5.82 Å². The molecule has 0 spiro atoms. The van der Waals surface area contributed by atoms with Gasteiger partial charge in [-0.15, -0.1) is 0 Å². The summed E-state index contributed by atoms with van der Waals surface area (Å²) >= 11 is 0. The van der Waals surface area contributed by atoms with Crippen LogP contribution in [0.3, 0.4) is 0 Å². The highest BCUT2D eigenvalue weighted by atomic mass is 19.1. The van der Waals surface area contributed by atoms with Gasteiger partial charge in [0.25, 0.3) is 0 Å². The highest BCUT2D eigenvalue weighted by Gasteiger charge is 2.61. The average Bonchev–Trinajstić information content (AvgIpc) is 3.49. The van der Waals surface area contributed by atoms with E-state index in [1.165, 1.54) is 12.3 Å². The maximum atomic E-state index is 13.7. The normalized spacial score (nSPS) is 29.0. The Labute approximate surface area is 179 Å². The number of pyridine rings is 2. The van der Waals surface area contributed by atoms with Crippen LogP contribution >= 0.6 is 0 Å². The first-order valence-corrected chi connectivity index (χ1v) is 10.8. The van der Waals surface area contributed by atoms with Crippen molar-refractivity contribution in [2.45, 2.75) is 45.2 Å². The fraction of sp³-hybridized carbons (Fsp3) is 0.435. The number of halogens is 1. The van der Waals surface area contributed by atoms with Gasteiger partial charge in [-0.3, -0.25) is 14.5 Å². The van der Waals surface area contributed by atoms with Gasteiger partial charge in [-0.1, -0.05) is 0 Å². The molecular weight excluding hydrogens is 395 g/mol. The smallest absolute Gasteiger partial charge is 0.249 e. The topological polar surface area (TPSA) is 76.3 Å². The second kappa shape index (κ2) is 6.67. The monoisotopic (exact) mass is 418 g/mol. The molecule has 1 amide bonds. The van der Waals surface area contributed by atoms with Gasteiger partial charge in [0.05, 0.1) is 29.4 Å². The molecule has 2 atom stereocenters. The lowest BCUT2D eigenvalue weighted by molar-refractivity contribution is -0.148. The van der Waals surface area contributed by atoms with Gasteiger partial charge in [0.2, 0.25) is 5.91 Å². The van der Waals surface area contributed by atoms with Gasteiger partial charge < -0.3 is 0 Å². The summed E-state index contributed by atoms with van der Waals surface area (Å²) < 4.78 is 15.7. The number of aromatic nitrogens is 4. The highest BCUT2D eigenvalue weighted by molar-refractivity contribution is 5.86. The van der Waals surface area contributed by atoms with Crippen molar-refractivity contribution >= 4 is 23.2 Å². The Balaban J connectivity index is 1.20. The molecular formula is C23H23FN6O. The molecule has 3 aliphatic carbocycles. The minimum Gasteiger partial charge on any atom is -0.272 e. The lowest BCUT2D eigenvalue weighted by Crippen LogP contribution is -2.45. The minimum absolute atomic E-state index is 0.0666. The third-order valence-corrected chi connectivity index (χ3v) is 7.27. The van der Waals surface area contributed by atoms with E-state index in [4.69, 9.17) is 0 Å². The summed E-state index contributed by atoms with van der Waals surface area (Å²) in [5, 5.41) is 10.5. The van der Waals surface area contributed by atoms with E-state index in [1.807, 2.05) is 23.9 Å². The van der Waals surface area contributed by atoms with E-state index in [0.717, 1.165) is 42.5 Å². The van der Waals surface area contributed by atoms with Crippen LogP contribution in [-0.2, 0) is 11.3 Å². The van der Waals surface area contributed by atoms with Gasteiger partial charge >= 0.3 is 0 Å². The minimum atomic E-state index is -0.393. The van der Waals surface area contributed by atoms with Crippen molar-refractivity contribution in [1.82, 2.24) is 24.8 Å². The van der Waals surface area contributed by atoms with Crippen molar-refractivity contribution in [2.24, 2.45) is 22.4 Å². The molecule has 7 rings (SSSR count). The number of nitrogens with zero attached hydrogens (tertiary/aromatic N) is 6. The summed E-state index contributed by atoms with van der Waals surface area (Å²) in [5.41, 5.74) is 3.27. The van der Waals surface area contributed by atoms with Crippen molar-refractivity contribution in [3.63, 3.8) is 0 Å². The van der Waals surface area contributed by atoms with Crippen LogP contribution in [0, 0.1) is 30.0 Å². The zero-order valence-corrected chi connectivity index (χ0v) is 17.3. The molecule has 0 saturated heterocycles. The van der Waals surface area contributed by atoms with Crippen molar-refractivity contribution in [3.8, 4) is 0 Å². The van der Waals surface area contributed by atoms with Gasteiger partial charge in [-0.05, 0) is 61.8 Å². The molecule has 4 aliphatic rings. The molecule has 2 unspecified atom stereocenters. The maximum absolute atomic E-state index is 13.7. The number of rotatable bonds is 4. The van der Waals surface area contributed by atoms with Crippen LogP contribution in [-0.4, -0.2) is 36.9 Å². The average molecular weight is 418 g/mol. The first-order valence-electron chi connectivity index (χ1n) is 10.8. The second-order valence-corrected chi connectivity index (χ2v) is 9.23. The van der Waals surface area contributed by atoms with Crippen LogP contribution in [0.5, 0.6) is 0 Å². The molecule has 3 saturated carbocycles. The third-order valence-electron chi connectivity index (χ3n) is 7.27. The SMILES string of the molecule is Cc1ccc2c(cnn2CC2CC3(C(=O)N4N=CCC4c4cncc(F)c4)CC2C3)n1. The summed E-state index contributed by atoms with van der Waals surface area (Å²) in [7, 11) is 0. The lowest BCUT2D eigenvalue weighted by atomic mass is 9.68. The van der Waals surface area contributed by atoms with E-state index >= 15 is 0 Å². The molecule has 7 nitrogen and oxygen atoms in total. The summed E-state index contributed by atoms with van der Waals surface area (Å²) in [6, 6.07) is 5.26. The van der Waals surface area contributed by atoms with Crippen molar-refractivity contribution in [3.05, 3.63) is 53.9 Å². The number of fused-ring (bicyclic) bond motifs is 2. The lowest BCUT2D eigenvalue weighted by Gasteiger charge is -2.40. The first kappa shape index (κ1) is 18.6. The molecule has 4 heterocycles. The largest absolute Gasteiger partial charge is 0.272 e. The number of carbonyl (C=O) groups excluding carboxylic acids is 1. The predicted molar refractivity (Wildman–Crippen MR) is 112 cm³/mol. The van der Waals surface area contributed by atoms with Crippen LogP contribution in [0.15, 0.2) is 41.9 Å². The van der Waals surface area contributed by atoms with Crippen molar-refractivity contribution < 1.29 is 9.18 Å². The molecule has 0 radical (unpaired) electrons. The third kappa shape index (κ3) is 2.88. The quantitative estimate of drug-likeness (QED) is 0.648. The second-order valence-electron chi connectivity index (χ2n) is 9.23. The number of carbonyl (C=O) groups is 1. The van der Waals surface area contributed by atoms with Gasteiger partial charge in [0.1, 0.15) is 11.3 Å². The number of amides is 1. The van der Waals surface area contributed by atoms with Crippen molar-refractivity contribution in [1.29, 1.82) is 0 Å². The summed E-state index contributed by atoms with van der Waals surface area (Å²) in [6.45, 7) is 2.78. The van der Waals surface area contributed by atoms with Crippen LogP contribution in [0.25, 0.3) is 11.0 Å². The molecule has 3 aromatic rings.